The molecule has 1 aliphatic carbocycles. The third-order valence-electron chi connectivity index (χ3n) is 3.29. The van der Waals surface area contributed by atoms with Gasteiger partial charge >= 0.3 is 0 Å². The summed E-state index contributed by atoms with van der Waals surface area (Å²) in [6.45, 7) is 1.64. The van der Waals surface area contributed by atoms with E-state index in [-0.39, 0.29) is 12.7 Å². The van der Waals surface area contributed by atoms with Crippen LogP contribution in [0.4, 0.5) is 0 Å². The lowest BCUT2D eigenvalue weighted by Crippen LogP contribution is -2.28. The molecule has 0 saturated heterocycles. The smallest absolute Gasteiger partial charge is 0.231 e. The predicted octanol–water partition coefficient (Wildman–Crippen LogP) is 1.94. The van der Waals surface area contributed by atoms with Crippen LogP contribution in [0.25, 0.3) is 0 Å². The average Bonchev–Trinajstić information content (AvgIpc) is 3.09. The topological polar surface area (TPSA) is 59.6 Å². The highest BCUT2D eigenvalue weighted by Gasteiger charge is 2.22. The number of benzene rings is 1. The number of amides is 1. The zero-order valence-electron chi connectivity index (χ0n) is 11.1. The molecule has 5 nitrogen and oxygen atoms in total. The van der Waals surface area contributed by atoms with E-state index in [0.29, 0.717) is 25.6 Å². The van der Waals surface area contributed by atoms with Crippen molar-refractivity contribution in [2.24, 2.45) is 0 Å². The van der Waals surface area contributed by atoms with E-state index in [1.165, 1.54) is 0 Å². The molecule has 0 radical (unpaired) electrons. The molecule has 1 heterocycles. The number of nitrogens with one attached hydrogen (secondary N) is 2. The van der Waals surface area contributed by atoms with Gasteiger partial charge in [0, 0.05) is 25.6 Å². The Hall–Kier alpha value is -1.27. The number of carbonyl (C=O) groups is 1. The van der Waals surface area contributed by atoms with Gasteiger partial charge in [0.1, 0.15) is 0 Å². The van der Waals surface area contributed by atoms with Gasteiger partial charge in [-0.15, -0.1) is 0 Å². The van der Waals surface area contributed by atoms with E-state index >= 15 is 0 Å². The molecule has 2 aliphatic rings. The van der Waals surface area contributed by atoms with E-state index in [9.17, 15) is 4.79 Å². The van der Waals surface area contributed by atoms with E-state index in [0.717, 1.165) is 34.4 Å². The van der Waals surface area contributed by atoms with Gasteiger partial charge in [-0.05, 0) is 46.5 Å². The van der Waals surface area contributed by atoms with Gasteiger partial charge in [0.2, 0.25) is 12.7 Å². The van der Waals surface area contributed by atoms with Gasteiger partial charge in [0.15, 0.2) is 11.5 Å². The Morgan fingerprint density at radius 2 is 2.20 bits per heavy atom. The molecule has 1 fully saturated rings. The fourth-order valence-electron chi connectivity index (χ4n) is 2.08. The Morgan fingerprint density at radius 1 is 1.35 bits per heavy atom. The lowest BCUT2D eigenvalue weighted by molar-refractivity contribution is -0.121. The first-order valence-corrected chi connectivity index (χ1v) is 7.60. The molecule has 108 valence electrons. The zero-order valence-corrected chi connectivity index (χ0v) is 12.7. The predicted molar refractivity (Wildman–Crippen MR) is 77.8 cm³/mol. The van der Waals surface area contributed by atoms with E-state index in [1.54, 1.807) is 0 Å². The fraction of sp³-hybridized carbons (Fsp3) is 0.500. The molecule has 6 heteroatoms. The maximum absolute atomic E-state index is 11.5. The summed E-state index contributed by atoms with van der Waals surface area (Å²) in [5, 5.41) is 6.24. The number of carbonyl (C=O) groups excluding carboxylic acids is 1. The molecular formula is C14H17BrN2O3. The summed E-state index contributed by atoms with van der Waals surface area (Å²) >= 11 is 3.47. The zero-order chi connectivity index (χ0) is 13.9. The first-order valence-electron chi connectivity index (χ1n) is 6.80. The second-order valence-electron chi connectivity index (χ2n) is 5.08. The number of rotatable bonds is 6. The average molecular weight is 341 g/mol. The minimum absolute atomic E-state index is 0.131. The van der Waals surface area contributed by atoms with Crippen molar-refractivity contribution in [2.75, 3.05) is 13.3 Å². The molecular weight excluding hydrogens is 324 g/mol. The largest absolute Gasteiger partial charge is 0.454 e. The Morgan fingerprint density at radius 3 is 3.00 bits per heavy atom. The summed E-state index contributed by atoms with van der Waals surface area (Å²) in [5.74, 6) is 1.66. The third-order valence-corrected chi connectivity index (χ3v) is 3.88. The summed E-state index contributed by atoms with van der Waals surface area (Å²) in [7, 11) is 0. The monoisotopic (exact) mass is 340 g/mol. The number of hydrogen-bond donors (Lipinski definition) is 2. The van der Waals surface area contributed by atoms with Crippen LogP contribution in [0.2, 0.25) is 0 Å². The van der Waals surface area contributed by atoms with Crippen molar-refractivity contribution in [3.05, 3.63) is 22.2 Å². The van der Waals surface area contributed by atoms with Crippen molar-refractivity contribution in [2.45, 2.75) is 31.8 Å². The van der Waals surface area contributed by atoms with Crippen molar-refractivity contribution >= 4 is 21.8 Å². The molecule has 3 rings (SSSR count). The van der Waals surface area contributed by atoms with Crippen molar-refractivity contribution in [1.82, 2.24) is 10.6 Å². The summed E-state index contributed by atoms with van der Waals surface area (Å²) in [4.78, 5) is 11.5. The molecule has 0 bridgehead atoms. The van der Waals surface area contributed by atoms with Crippen LogP contribution >= 0.6 is 15.9 Å². The highest BCUT2D eigenvalue weighted by Crippen LogP contribution is 2.39. The van der Waals surface area contributed by atoms with Gasteiger partial charge in [-0.2, -0.15) is 0 Å². The van der Waals surface area contributed by atoms with Gasteiger partial charge < -0.3 is 20.1 Å². The molecule has 2 N–H and O–H groups in total. The van der Waals surface area contributed by atoms with E-state index in [2.05, 4.69) is 26.6 Å². The molecule has 1 aromatic rings. The van der Waals surface area contributed by atoms with Gasteiger partial charge in [-0.25, -0.2) is 0 Å². The number of fused-ring (bicyclic) bond motifs is 1. The molecule has 0 atom stereocenters. The van der Waals surface area contributed by atoms with Crippen LogP contribution in [0.3, 0.4) is 0 Å². The van der Waals surface area contributed by atoms with Gasteiger partial charge in [0.25, 0.3) is 0 Å². The first-order chi connectivity index (χ1) is 9.72. The molecule has 1 saturated carbocycles. The lowest BCUT2D eigenvalue weighted by atomic mass is 10.2. The summed E-state index contributed by atoms with van der Waals surface area (Å²) in [5.41, 5.74) is 1.10. The lowest BCUT2D eigenvalue weighted by Gasteiger charge is -2.07. The number of ether oxygens (including phenoxy) is 2. The second kappa shape index (κ2) is 6.01. The summed E-state index contributed by atoms with van der Waals surface area (Å²) in [6.07, 6.45) is 2.77. The number of halogens is 1. The number of hydrogen-bond acceptors (Lipinski definition) is 4. The minimum atomic E-state index is 0.131. The maximum Gasteiger partial charge on any atom is 0.231 e. The van der Waals surface area contributed by atoms with Gasteiger partial charge in [0.05, 0.1) is 4.47 Å². The van der Waals surface area contributed by atoms with Crippen molar-refractivity contribution in [3.63, 3.8) is 0 Å². The minimum Gasteiger partial charge on any atom is -0.454 e. The Balaban J connectivity index is 1.44. The van der Waals surface area contributed by atoms with E-state index in [1.807, 2.05) is 12.1 Å². The Kier molecular flexibility index (Phi) is 4.12. The molecule has 0 spiro atoms. The van der Waals surface area contributed by atoms with Crippen LogP contribution in [0, 0.1) is 0 Å². The summed E-state index contributed by atoms with van der Waals surface area (Å²) < 4.78 is 11.6. The molecule has 1 aliphatic heterocycles. The molecule has 0 unspecified atom stereocenters. The highest BCUT2D eigenvalue weighted by atomic mass is 79.9. The molecule has 0 aromatic heterocycles. The van der Waals surface area contributed by atoms with Gasteiger partial charge in [-0.1, -0.05) is 0 Å². The Labute approximate surface area is 126 Å². The SMILES string of the molecule is O=C(CCNCc1cc(Br)c2c(c1)OCO2)NC1CC1. The first kappa shape index (κ1) is 13.7. The van der Waals surface area contributed by atoms with Crippen molar-refractivity contribution in [3.8, 4) is 11.5 Å². The fourth-order valence-corrected chi connectivity index (χ4v) is 2.69. The second-order valence-corrected chi connectivity index (χ2v) is 5.93. The molecule has 1 amide bonds. The molecule has 20 heavy (non-hydrogen) atoms. The van der Waals surface area contributed by atoms with Crippen molar-refractivity contribution < 1.29 is 14.3 Å². The van der Waals surface area contributed by atoms with Crippen LogP contribution in [0.5, 0.6) is 11.5 Å². The standard InChI is InChI=1S/C14H17BrN2O3/c15-11-5-9(6-12-14(11)20-8-19-12)7-16-4-3-13(18)17-10-1-2-10/h5-6,10,16H,1-4,7-8H2,(H,17,18). The summed E-state index contributed by atoms with van der Waals surface area (Å²) in [6, 6.07) is 4.40. The maximum atomic E-state index is 11.5. The third kappa shape index (κ3) is 3.43. The van der Waals surface area contributed by atoms with Crippen molar-refractivity contribution in [1.29, 1.82) is 0 Å². The van der Waals surface area contributed by atoms with E-state index in [4.69, 9.17) is 9.47 Å². The Bertz CT molecular complexity index is 517. The molecule has 1 aromatic carbocycles. The van der Waals surface area contributed by atoms with Crippen LogP contribution in [-0.4, -0.2) is 25.3 Å². The highest BCUT2D eigenvalue weighted by molar-refractivity contribution is 9.10. The quantitative estimate of drug-likeness (QED) is 0.777. The van der Waals surface area contributed by atoms with E-state index < -0.39 is 0 Å². The van der Waals surface area contributed by atoms with Crippen LogP contribution < -0.4 is 20.1 Å². The van der Waals surface area contributed by atoms with Gasteiger partial charge in [-0.3, -0.25) is 4.79 Å². The van der Waals surface area contributed by atoms with Crippen LogP contribution in [0.15, 0.2) is 16.6 Å². The van der Waals surface area contributed by atoms with Crippen LogP contribution in [-0.2, 0) is 11.3 Å². The van der Waals surface area contributed by atoms with Crippen LogP contribution in [0.1, 0.15) is 24.8 Å². The normalized spacial score (nSPS) is 16.2.